The van der Waals surface area contributed by atoms with Crippen molar-refractivity contribution in [2.45, 2.75) is 26.9 Å². The van der Waals surface area contributed by atoms with Gasteiger partial charge in [-0.05, 0) is 30.0 Å². The van der Waals surface area contributed by atoms with Crippen LogP contribution in [0.4, 0.5) is 9.59 Å². The molecule has 0 unspecified atom stereocenters. The molecule has 0 aliphatic heterocycles. The molecule has 0 spiro atoms. The van der Waals surface area contributed by atoms with Crippen molar-refractivity contribution in [2.75, 3.05) is 13.6 Å². The number of hydrogen-bond donors (Lipinski definition) is 0. The van der Waals surface area contributed by atoms with E-state index in [2.05, 4.69) is 4.98 Å². The molecule has 8 heteroatoms. The minimum Gasteiger partial charge on any atom is -0.444 e. The fourth-order valence-electron chi connectivity index (χ4n) is 2.82. The summed E-state index contributed by atoms with van der Waals surface area (Å²) < 4.78 is 10.8. The third kappa shape index (κ3) is 5.48. The summed E-state index contributed by atoms with van der Waals surface area (Å²) in [5, 5.41) is 0. The maximum Gasteiger partial charge on any atom is 0.418 e. The van der Waals surface area contributed by atoms with Gasteiger partial charge in [0.05, 0.1) is 0 Å². The first-order valence-corrected chi connectivity index (χ1v) is 10.0. The molecule has 162 valence electrons. The van der Waals surface area contributed by atoms with E-state index in [1.165, 1.54) is 7.05 Å². The Labute approximate surface area is 180 Å². The molecule has 0 aliphatic carbocycles. The van der Waals surface area contributed by atoms with Crippen LogP contribution in [0.25, 0.3) is 11.1 Å². The van der Waals surface area contributed by atoms with E-state index >= 15 is 0 Å². The van der Waals surface area contributed by atoms with E-state index in [1.807, 2.05) is 44.2 Å². The van der Waals surface area contributed by atoms with Crippen LogP contribution in [0.2, 0.25) is 0 Å². The summed E-state index contributed by atoms with van der Waals surface area (Å²) >= 11 is 0. The predicted molar refractivity (Wildman–Crippen MR) is 114 cm³/mol. The number of benzene rings is 2. The standard InChI is InChI=1S/C23H25N3O5/c1-16(2)13-14-26(23(29)30-15-17-9-5-4-6-10-17)22(28)25(3)21(27)20-24-18-11-7-8-12-19(18)31-20/h4-12,16H,13-15H2,1-3H3. The highest BCUT2D eigenvalue weighted by Crippen LogP contribution is 2.17. The van der Waals surface area contributed by atoms with Gasteiger partial charge < -0.3 is 9.15 Å². The van der Waals surface area contributed by atoms with Crippen molar-refractivity contribution in [3.05, 3.63) is 66.1 Å². The SMILES string of the molecule is CC(C)CCN(C(=O)OCc1ccccc1)C(=O)N(C)C(=O)c1nc2ccccc2o1. The molecule has 0 N–H and O–H groups in total. The molecular weight excluding hydrogens is 398 g/mol. The predicted octanol–water partition coefficient (Wildman–Crippen LogP) is 4.70. The zero-order valence-electron chi connectivity index (χ0n) is 17.8. The minimum absolute atomic E-state index is 0.0217. The molecule has 1 aromatic heterocycles. The first-order valence-electron chi connectivity index (χ1n) is 10.0. The first-order chi connectivity index (χ1) is 14.9. The third-order valence-corrected chi connectivity index (χ3v) is 4.65. The molecule has 0 atom stereocenters. The van der Waals surface area contributed by atoms with Crippen molar-refractivity contribution < 1.29 is 23.5 Å². The lowest BCUT2D eigenvalue weighted by Crippen LogP contribution is -2.47. The van der Waals surface area contributed by atoms with E-state index in [9.17, 15) is 14.4 Å². The van der Waals surface area contributed by atoms with Crippen LogP contribution in [-0.4, -0.2) is 46.4 Å². The number of urea groups is 1. The number of amides is 4. The van der Waals surface area contributed by atoms with Gasteiger partial charge in [-0.2, -0.15) is 0 Å². The van der Waals surface area contributed by atoms with E-state index in [0.29, 0.717) is 17.5 Å². The Morgan fingerprint density at radius 3 is 2.39 bits per heavy atom. The van der Waals surface area contributed by atoms with Gasteiger partial charge in [0, 0.05) is 13.6 Å². The topological polar surface area (TPSA) is 93.0 Å². The highest BCUT2D eigenvalue weighted by Gasteiger charge is 2.31. The Morgan fingerprint density at radius 1 is 1.03 bits per heavy atom. The van der Waals surface area contributed by atoms with E-state index in [1.54, 1.807) is 24.3 Å². The number of rotatable bonds is 6. The van der Waals surface area contributed by atoms with Gasteiger partial charge in [0.1, 0.15) is 12.1 Å². The van der Waals surface area contributed by atoms with Crippen LogP contribution in [0, 0.1) is 5.92 Å². The Bertz CT molecular complexity index is 1030. The number of fused-ring (bicyclic) bond motifs is 1. The largest absolute Gasteiger partial charge is 0.444 e. The Balaban J connectivity index is 1.74. The Hall–Kier alpha value is -3.68. The lowest BCUT2D eigenvalue weighted by Gasteiger charge is -2.25. The molecule has 3 aromatic rings. The summed E-state index contributed by atoms with van der Waals surface area (Å²) in [4.78, 5) is 44.3. The zero-order valence-corrected chi connectivity index (χ0v) is 17.8. The maximum atomic E-state index is 13.0. The number of hydrogen-bond acceptors (Lipinski definition) is 6. The van der Waals surface area contributed by atoms with Crippen LogP contribution in [0.3, 0.4) is 0 Å². The van der Waals surface area contributed by atoms with E-state index in [-0.39, 0.29) is 25.0 Å². The molecular formula is C23H25N3O5. The number of oxazole rings is 1. The summed E-state index contributed by atoms with van der Waals surface area (Å²) in [6.07, 6.45) is -0.247. The molecule has 8 nitrogen and oxygen atoms in total. The smallest absolute Gasteiger partial charge is 0.418 e. The van der Waals surface area contributed by atoms with Crippen molar-refractivity contribution in [3.8, 4) is 0 Å². The number of carbonyl (C=O) groups is 3. The second-order valence-electron chi connectivity index (χ2n) is 7.51. The van der Waals surface area contributed by atoms with Gasteiger partial charge in [0.15, 0.2) is 5.58 Å². The minimum atomic E-state index is -0.813. The molecule has 4 amide bonds. The summed E-state index contributed by atoms with van der Waals surface area (Å²) in [6, 6.07) is 15.3. The van der Waals surface area contributed by atoms with Gasteiger partial charge in [-0.25, -0.2) is 19.5 Å². The molecule has 0 radical (unpaired) electrons. The number of para-hydroxylation sites is 2. The summed E-state index contributed by atoms with van der Waals surface area (Å²) in [6.45, 7) is 4.10. The summed E-state index contributed by atoms with van der Waals surface area (Å²) in [5.74, 6) is -0.722. The molecule has 0 saturated carbocycles. The van der Waals surface area contributed by atoms with Gasteiger partial charge in [-0.15, -0.1) is 0 Å². The van der Waals surface area contributed by atoms with Crippen LogP contribution in [0.5, 0.6) is 0 Å². The number of nitrogens with zero attached hydrogens (tertiary/aromatic N) is 3. The van der Waals surface area contributed by atoms with Crippen LogP contribution in [0.1, 0.15) is 36.5 Å². The highest BCUT2D eigenvalue weighted by molar-refractivity contribution is 6.05. The van der Waals surface area contributed by atoms with Gasteiger partial charge >= 0.3 is 18.0 Å². The zero-order chi connectivity index (χ0) is 22.4. The van der Waals surface area contributed by atoms with Gasteiger partial charge in [-0.3, -0.25) is 9.69 Å². The van der Waals surface area contributed by atoms with Crippen molar-refractivity contribution in [1.82, 2.24) is 14.8 Å². The van der Waals surface area contributed by atoms with Crippen LogP contribution in [-0.2, 0) is 11.3 Å². The third-order valence-electron chi connectivity index (χ3n) is 4.65. The monoisotopic (exact) mass is 423 g/mol. The summed E-state index contributed by atoms with van der Waals surface area (Å²) in [5.41, 5.74) is 1.74. The van der Waals surface area contributed by atoms with Gasteiger partial charge in [-0.1, -0.05) is 56.3 Å². The van der Waals surface area contributed by atoms with Crippen molar-refractivity contribution in [2.24, 2.45) is 5.92 Å². The van der Waals surface area contributed by atoms with Gasteiger partial charge in [0.25, 0.3) is 5.89 Å². The fraction of sp³-hybridized carbons (Fsp3) is 0.304. The van der Waals surface area contributed by atoms with Crippen LogP contribution < -0.4 is 0 Å². The normalized spacial score (nSPS) is 10.8. The second kappa shape index (κ2) is 9.88. The van der Waals surface area contributed by atoms with Crippen molar-refractivity contribution in [3.63, 3.8) is 0 Å². The van der Waals surface area contributed by atoms with E-state index in [4.69, 9.17) is 9.15 Å². The number of imide groups is 2. The summed E-state index contributed by atoms with van der Waals surface area (Å²) in [7, 11) is 1.28. The number of carbonyl (C=O) groups excluding carboxylic acids is 3. The Morgan fingerprint density at radius 2 is 1.71 bits per heavy atom. The number of ether oxygens (including phenoxy) is 1. The lowest BCUT2D eigenvalue weighted by molar-refractivity contribution is 0.0719. The Kier molecular flexibility index (Phi) is 7.02. The fourth-order valence-corrected chi connectivity index (χ4v) is 2.82. The quantitative estimate of drug-likeness (QED) is 0.570. The van der Waals surface area contributed by atoms with E-state index < -0.39 is 18.0 Å². The maximum absolute atomic E-state index is 13.0. The molecule has 3 rings (SSSR count). The average Bonchev–Trinajstić information content (AvgIpc) is 3.21. The van der Waals surface area contributed by atoms with Crippen LogP contribution >= 0.6 is 0 Å². The lowest BCUT2D eigenvalue weighted by atomic mass is 10.1. The highest BCUT2D eigenvalue weighted by atomic mass is 16.6. The molecule has 0 saturated heterocycles. The van der Waals surface area contributed by atoms with Crippen LogP contribution in [0.15, 0.2) is 59.0 Å². The van der Waals surface area contributed by atoms with Crippen molar-refractivity contribution in [1.29, 1.82) is 0 Å². The number of aromatic nitrogens is 1. The molecule has 0 aliphatic rings. The van der Waals surface area contributed by atoms with Crippen molar-refractivity contribution >= 4 is 29.1 Å². The van der Waals surface area contributed by atoms with E-state index in [0.717, 1.165) is 15.4 Å². The average molecular weight is 423 g/mol. The molecule has 31 heavy (non-hydrogen) atoms. The van der Waals surface area contributed by atoms with Gasteiger partial charge in [0.2, 0.25) is 0 Å². The first kappa shape index (κ1) is 22.0. The molecule has 0 bridgehead atoms. The molecule has 0 fully saturated rings. The second-order valence-corrected chi connectivity index (χ2v) is 7.51. The molecule has 1 heterocycles. The molecule has 2 aromatic carbocycles.